The van der Waals surface area contributed by atoms with E-state index in [1.54, 1.807) is 19.1 Å². The first-order valence-electron chi connectivity index (χ1n) is 9.57. The third-order valence-electron chi connectivity index (χ3n) is 4.70. The minimum Gasteiger partial charge on any atom is -0.459 e. The van der Waals surface area contributed by atoms with E-state index in [1.807, 2.05) is 48.5 Å². The Morgan fingerprint density at radius 3 is 2.45 bits per heavy atom. The molecule has 0 saturated carbocycles. The van der Waals surface area contributed by atoms with Gasteiger partial charge in [-0.25, -0.2) is 4.98 Å². The van der Waals surface area contributed by atoms with Gasteiger partial charge in [-0.3, -0.25) is 19.0 Å². The van der Waals surface area contributed by atoms with E-state index in [4.69, 9.17) is 4.74 Å². The number of anilines is 1. The molecular weight excluding hydrogens is 414 g/mol. The highest BCUT2D eigenvalue weighted by molar-refractivity contribution is 7.20. The topological polar surface area (TPSA) is 90.3 Å². The summed E-state index contributed by atoms with van der Waals surface area (Å²) in [7, 11) is 0. The molecule has 0 bridgehead atoms. The van der Waals surface area contributed by atoms with Crippen molar-refractivity contribution >= 4 is 39.1 Å². The highest BCUT2D eigenvalue weighted by Crippen LogP contribution is 2.27. The molecule has 0 saturated heterocycles. The van der Waals surface area contributed by atoms with Gasteiger partial charge >= 0.3 is 5.97 Å². The number of para-hydroxylation sites is 1. The van der Waals surface area contributed by atoms with Gasteiger partial charge in [-0.1, -0.05) is 48.5 Å². The molecule has 0 aliphatic rings. The van der Waals surface area contributed by atoms with E-state index < -0.39 is 5.97 Å². The maximum atomic E-state index is 12.9. The normalized spacial score (nSPS) is 10.7. The van der Waals surface area contributed by atoms with Crippen molar-refractivity contribution in [3.05, 3.63) is 93.3 Å². The van der Waals surface area contributed by atoms with Crippen LogP contribution in [-0.2, 0) is 22.7 Å². The number of aromatic nitrogens is 2. The number of benzene rings is 2. The summed E-state index contributed by atoms with van der Waals surface area (Å²) in [4.78, 5) is 43.0. The Morgan fingerprint density at radius 2 is 1.74 bits per heavy atom. The van der Waals surface area contributed by atoms with E-state index in [0.717, 1.165) is 16.9 Å². The monoisotopic (exact) mass is 433 g/mol. The Kier molecular flexibility index (Phi) is 5.90. The molecule has 0 radical (unpaired) electrons. The Balaban J connectivity index is 1.53. The number of amides is 1. The number of carbonyl (C=O) groups is 2. The Morgan fingerprint density at radius 1 is 1.06 bits per heavy atom. The van der Waals surface area contributed by atoms with Crippen molar-refractivity contribution in [3.63, 3.8) is 0 Å². The summed E-state index contributed by atoms with van der Waals surface area (Å²) in [5, 5.41) is 3.15. The van der Waals surface area contributed by atoms with Gasteiger partial charge in [0.15, 0.2) is 0 Å². The fraction of sp³-hybridized carbons (Fsp3) is 0.130. The number of esters is 1. The van der Waals surface area contributed by atoms with Crippen molar-refractivity contribution in [2.45, 2.75) is 20.1 Å². The molecular formula is C23H19N3O4S. The molecule has 0 spiro atoms. The smallest absolute Gasteiger partial charge is 0.326 e. The first-order chi connectivity index (χ1) is 15.0. The maximum absolute atomic E-state index is 12.9. The third kappa shape index (κ3) is 4.54. The molecule has 31 heavy (non-hydrogen) atoms. The van der Waals surface area contributed by atoms with E-state index in [1.165, 1.54) is 10.9 Å². The van der Waals surface area contributed by atoms with Crippen LogP contribution >= 0.6 is 11.3 Å². The molecule has 4 aromatic rings. The van der Waals surface area contributed by atoms with Crippen LogP contribution in [0.15, 0.2) is 71.8 Å². The Hall–Kier alpha value is -3.78. The number of thiophene rings is 1. The van der Waals surface area contributed by atoms with Gasteiger partial charge in [0.1, 0.15) is 18.0 Å². The predicted octanol–water partition coefficient (Wildman–Crippen LogP) is 3.76. The molecule has 8 heteroatoms. The third-order valence-corrected chi connectivity index (χ3v) is 5.90. The Bertz CT molecular complexity index is 1300. The standard InChI is InChI=1S/C23H19N3O4S/c1-15-19-22(31-20(15)21(28)25-17-10-6-3-7-11-17)24-14-26(23(19)29)12-18(27)30-13-16-8-4-2-5-9-16/h2-11,14H,12-13H2,1H3,(H,25,28). The molecule has 0 aliphatic heterocycles. The van der Waals surface area contributed by atoms with Crippen LogP contribution in [0, 0.1) is 6.92 Å². The van der Waals surface area contributed by atoms with Crippen molar-refractivity contribution in [1.82, 2.24) is 9.55 Å². The van der Waals surface area contributed by atoms with E-state index in [2.05, 4.69) is 10.3 Å². The van der Waals surface area contributed by atoms with Gasteiger partial charge in [-0.2, -0.15) is 0 Å². The van der Waals surface area contributed by atoms with Crippen molar-refractivity contribution in [2.75, 3.05) is 5.32 Å². The number of rotatable bonds is 6. The van der Waals surface area contributed by atoms with Crippen LogP contribution in [0.25, 0.3) is 10.2 Å². The maximum Gasteiger partial charge on any atom is 0.326 e. The zero-order valence-electron chi connectivity index (χ0n) is 16.7. The molecule has 0 atom stereocenters. The number of hydrogen-bond acceptors (Lipinski definition) is 6. The second-order valence-corrected chi connectivity index (χ2v) is 7.88. The number of aryl methyl sites for hydroxylation is 1. The first kappa shape index (κ1) is 20.5. The van der Waals surface area contributed by atoms with Gasteiger partial charge in [0.2, 0.25) is 0 Å². The molecule has 0 aliphatic carbocycles. The van der Waals surface area contributed by atoms with Crippen LogP contribution in [0.1, 0.15) is 20.8 Å². The average Bonchev–Trinajstić information content (AvgIpc) is 3.13. The molecule has 0 unspecified atom stereocenters. The van der Waals surface area contributed by atoms with Gasteiger partial charge in [0.05, 0.1) is 16.6 Å². The van der Waals surface area contributed by atoms with E-state index >= 15 is 0 Å². The van der Waals surface area contributed by atoms with Crippen LogP contribution < -0.4 is 10.9 Å². The van der Waals surface area contributed by atoms with Gasteiger partial charge in [0.25, 0.3) is 11.5 Å². The van der Waals surface area contributed by atoms with Crippen molar-refractivity contribution in [1.29, 1.82) is 0 Å². The minimum absolute atomic E-state index is 0.130. The summed E-state index contributed by atoms with van der Waals surface area (Å²) in [5.41, 5.74) is 1.68. The first-order valence-corrected chi connectivity index (χ1v) is 10.4. The number of fused-ring (bicyclic) bond motifs is 1. The molecule has 4 rings (SSSR count). The van der Waals surface area contributed by atoms with E-state index in [0.29, 0.717) is 26.3 Å². The highest BCUT2D eigenvalue weighted by atomic mass is 32.1. The van der Waals surface area contributed by atoms with Crippen molar-refractivity contribution < 1.29 is 14.3 Å². The van der Waals surface area contributed by atoms with E-state index in [9.17, 15) is 14.4 Å². The number of hydrogen-bond donors (Lipinski definition) is 1. The number of nitrogens with one attached hydrogen (secondary N) is 1. The van der Waals surface area contributed by atoms with Crippen LogP contribution in [0.3, 0.4) is 0 Å². The molecule has 1 amide bonds. The summed E-state index contributed by atoms with van der Waals surface area (Å²) >= 11 is 1.15. The van der Waals surface area contributed by atoms with Gasteiger partial charge in [0, 0.05) is 5.69 Å². The summed E-state index contributed by atoms with van der Waals surface area (Å²) in [5.74, 6) is -0.845. The SMILES string of the molecule is Cc1c(C(=O)Nc2ccccc2)sc2ncn(CC(=O)OCc3ccccc3)c(=O)c12. The lowest BCUT2D eigenvalue weighted by Gasteiger charge is -2.07. The fourth-order valence-corrected chi connectivity index (χ4v) is 4.16. The molecule has 2 aromatic heterocycles. The zero-order chi connectivity index (χ0) is 21.8. The van der Waals surface area contributed by atoms with Crippen molar-refractivity contribution in [3.8, 4) is 0 Å². The van der Waals surface area contributed by atoms with Gasteiger partial charge in [-0.15, -0.1) is 11.3 Å². The van der Waals surface area contributed by atoms with Crippen LogP contribution in [-0.4, -0.2) is 21.4 Å². The molecule has 1 N–H and O–H groups in total. The summed E-state index contributed by atoms with van der Waals surface area (Å²) in [6.07, 6.45) is 1.31. The minimum atomic E-state index is -0.540. The summed E-state index contributed by atoms with van der Waals surface area (Å²) in [6, 6.07) is 18.4. The predicted molar refractivity (Wildman–Crippen MR) is 119 cm³/mol. The lowest BCUT2D eigenvalue weighted by molar-refractivity contribution is -0.145. The average molecular weight is 433 g/mol. The molecule has 2 aromatic carbocycles. The molecule has 0 fully saturated rings. The van der Waals surface area contributed by atoms with Crippen molar-refractivity contribution in [2.24, 2.45) is 0 Å². The largest absolute Gasteiger partial charge is 0.459 e. The second kappa shape index (κ2) is 8.93. The highest BCUT2D eigenvalue weighted by Gasteiger charge is 2.20. The second-order valence-electron chi connectivity index (χ2n) is 6.88. The molecule has 7 nitrogen and oxygen atoms in total. The number of nitrogens with zero attached hydrogens (tertiary/aromatic N) is 2. The lowest BCUT2D eigenvalue weighted by atomic mass is 10.2. The van der Waals surface area contributed by atoms with Crippen LogP contribution in [0.5, 0.6) is 0 Å². The van der Waals surface area contributed by atoms with Gasteiger partial charge < -0.3 is 10.1 Å². The number of carbonyl (C=O) groups excluding carboxylic acids is 2. The zero-order valence-corrected chi connectivity index (χ0v) is 17.5. The molecule has 156 valence electrons. The summed E-state index contributed by atoms with van der Waals surface area (Å²) in [6.45, 7) is 1.58. The van der Waals surface area contributed by atoms with E-state index in [-0.39, 0.29) is 24.6 Å². The summed E-state index contributed by atoms with van der Waals surface area (Å²) < 4.78 is 6.45. The fourth-order valence-electron chi connectivity index (χ4n) is 3.12. The number of ether oxygens (including phenoxy) is 1. The van der Waals surface area contributed by atoms with Crippen LogP contribution in [0.4, 0.5) is 5.69 Å². The quantitative estimate of drug-likeness (QED) is 0.468. The molecule has 2 heterocycles. The lowest BCUT2D eigenvalue weighted by Crippen LogP contribution is -2.25. The van der Waals surface area contributed by atoms with Gasteiger partial charge in [-0.05, 0) is 30.2 Å². The Labute approximate surface area is 181 Å². The van der Waals surface area contributed by atoms with Crippen LogP contribution in [0.2, 0.25) is 0 Å².